The zero-order valence-electron chi connectivity index (χ0n) is 10.6. The van der Waals surface area contributed by atoms with Crippen LogP contribution in [0.25, 0.3) is 0 Å². The first-order chi connectivity index (χ1) is 8.58. The standard InChI is InChI=1S/C14H17ClO3/c1-3-4-9-17-13(16)12-14(2,18-12)10-5-7-11(15)8-6-10/h5-8,12H,3-4,9H2,1-2H3. The number of carbonyl (C=O) groups excluding carboxylic acids is 1. The molecule has 98 valence electrons. The number of unbranched alkanes of at least 4 members (excludes halogenated alkanes) is 1. The van der Waals surface area contributed by atoms with E-state index in [4.69, 9.17) is 21.1 Å². The lowest BCUT2D eigenvalue weighted by Crippen LogP contribution is -2.19. The van der Waals surface area contributed by atoms with Crippen molar-refractivity contribution in [1.82, 2.24) is 0 Å². The number of halogens is 1. The van der Waals surface area contributed by atoms with E-state index in [2.05, 4.69) is 6.92 Å². The first-order valence-corrected chi connectivity index (χ1v) is 6.56. The number of benzene rings is 1. The highest BCUT2D eigenvalue weighted by molar-refractivity contribution is 6.30. The van der Waals surface area contributed by atoms with Crippen molar-refractivity contribution in [3.05, 3.63) is 34.9 Å². The van der Waals surface area contributed by atoms with Crippen LogP contribution in [0.5, 0.6) is 0 Å². The van der Waals surface area contributed by atoms with Crippen molar-refractivity contribution in [3.63, 3.8) is 0 Å². The molecular formula is C14H17ClO3. The Labute approximate surface area is 112 Å². The summed E-state index contributed by atoms with van der Waals surface area (Å²) in [5.74, 6) is -0.277. The SMILES string of the molecule is CCCCOC(=O)C1OC1(C)c1ccc(Cl)cc1. The normalized spacial score (nSPS) is 25.8. The Bertz CT molecular complexity index is 429. The van der Waals surface area contributed by atoms with Gasteiger partial charge in [-0.25, -0.2) is 4.79 Å². The molecule has 0 bridgehead atoms. The number of hydrogen-bond acceptors (Lipinski definition) is 3. The van der Waals surface area contributed by atoms with Gasteiger partial charge in [0.1, 0.15) is 5.60 Å². The second-order valence-corrected chi connectivity index (χ2v) is 5.07. The highest BCUT2D eigenvalue weighted by atomic mass is 35.5. The van der Waals surface area contributed by atoms with Gasteiger partial charge in [-0.05, 0) is 31.0 Å². The molecule has 18 heavy (non-hydrogen) atoms. The molecule has 0 aliphatic carbocycles. The Balaban J connectivity index is 1.95. The fourth-order valence-corrected chi connectivity index (χ4v) is 2.00. The minimum absolute atomic E-state index is 0.277. The van der Waals surface area contributed by atoms with Crippen LogP contribution in [0.3, 0.4) is 0 Å². The molecule has 1 heterocycles. The fourth-order valence-electron chi connectivity index (χ4n) is 1.88. The summed E-state index contributed by atoms with van der Waals surface area (Å²) < 4.78 is 10.7. The Morgan fingerprint density at radius 1 is 1.44 bits per heavy atom. The summed E-state index contributed by atoms with van der Waals surface area (Å²) in [6.45, 7) is 4.41. The molecule has 0 aromatic heterocycles. The minimum atomic E-state index is -0.562. The van der Waals surface area contributed by atoms with Gasteiger partial charge in [-0.15, -0.1) is 0 Å². The molecule has 3 nitrogen and oxygen atoms in total. The molecule has 0 N–H and O–H groups in total. The van der Waals surface area contributed by atoms with E-state index in [9.17, 15) is 4.79 Å². The van der Waals surface area contributed by atoms with E-state index in [-0.39, 0.29) is 5.97 Å². The third-order valence-corrected chi connectivity index (χ3v) is 3.43. The van der Waals surface area contributed by atoms with Crippen LogP contribution in [-0.2, 0) is 19.9 Å². The molecule has 1 aliphatic heterocycles. The quantitative estimate of drug-likeness (QED) is 0.467. The van der Waals surface area contributed by atoms with Gasteiger partial charge in [-0.3, -0.25) is 0 Å². The lowest BCUT2D eigenvalue weighted by Gasteiger charge is -2.07. The van der Waals surface area contributed by atoms with Gasteiger partial charge in [-0.2, -0.15) is 0 Å². The van der Waals surface area contributed by atoms with Crippen molar-refractivity contribution in [2.24, 2.45) is 0 Å². The number of esters is 1. The van der Waals surface area contributed by atoms with Crippen LogP contribution >= 0.6 is 11.6 Å². The maximum absolute atomic E-state index is 11.8. The average Bonchev–Trinajstić information content (AvgIpc) is 3.04. The Kier molecular flexibility index (Phi) is 3.93. The van der Waals surface area contributed by atoms with E-state index in [1.165, 1.54) is 0 Å². The molecule has 0 spiro atoms. The van der Waals surface area contributed by atoms with Gasteiger partial charge in [-0.1, -0.05) is 37.1 Å². The first kappa shape index (κ1) is 13.4. The lowest BCUT2D eigenvalue weighted by atomic mass is 9.97. The van der Waals surface area contributed by atoms with Gasteiger partial charge in [0.25, 0.3) is 0 Å². The molecule has 2 rings (SSSR count). The molecule has 1 saturated heterocycles. The molecular weight excluding hydrogens is 252 g/mol. The van der Waals surface area contributed by atoms with Crippen molar-refractivity contribution in [2.75, 3.05) is 6.61 Å². The molecule has 2 unspecified atom stereocenters. The molecule has 4 heteroatoms. The molecule has 0 radical (unpaired) electrons. The van der Waals surface area contributed by atoms with Crippen molar-refractivity contribution in [2.45, 2.75) is 38.4 Å². The summed E-state index contributed by atoms with van der Waals surface area (Å²) >= 11 is 5.83. The minimum Gasteiger partial charge on any atom is -0.464 e. The number of ether oxygens (including phenoxy) is 2. The zero-order valence-corrected chi connectivity index (χ0v) is 11.4. The largest absolute Gasteiger partial charge is 0.464 e. The van der Waals surface area contributed by atoms with Crippen LogP contribution in [0, 0.1) is 0 Å². The summed E-state index contributed by atoms with van der Waals surface area (Å²) in [7, 11) is 0. The Morgan fingerprint density at radius 2 is 2.11 bits per heavy atom. The van der Waals surface area contributed by atoms with E-state index in [0.717, 1.165) is 18.4 Å². The Hall–Kier alpha value is -1.06. The van der Waals surface area contributed by atoms with E-state index in [1.807, 2.05) is 19.1 Å². The van der Waals surface area contributed by atoms with Gasteiger partial charge in [0.05, 0.1) is 6.61 Å². The summed E-state index contributed by atoms with van der Waals surface area (Å²) in [6.07, 6.45) is 1.40. The number of carbonyl (C=O) groups is 1. The van der Waals surface area contributed by atoms with Gasteiger partial charge in [0.15, 0.2) is 6.10 Å². The molecule has 1 fully saturated rings. The molecule has 2 atom stereocenters. The maximum atomic E-state index is 11.8. The van der Waals surface area contributed by atoms with Gasteiger partial charge < -0.3 is 9.47 Å². The van der Waals surface area contributed by atoms with E-state index in [0.29, 0.717) is 11.6 Å². The number of rotatable bonds is 5. The third-order valence-electron chi connectivity index (χ3n) is 3.18. The van der Waals surface area contributed by atoms with Crippen LogP contribution in [0.15, 0.2) is 24.3 Å². The molecule has 0 amide bonds. The van der Waals surface area contributed by atoms with Crippen LogP contribution in [0.4, 0.5) is 0 Å². The lowest BCUT2D eigenvalue weighted by molar-refractivity contribution is -0.145. The first-order valence-electron chi connectivity index (χ1n) is 6.18. The predicted octanol–water partition coefficient (Wildman–Crippen LogP) is 3.30. The second-order valence-electron chi connectivity index (χ2n) is 4.63. The van der Waals surface area contributed by atoms with Gasteiger partial charge in [0, 0.05) is 5.02 Å². The summed E-state index contributed by atoms with van der Waals surface area (Å²) in [6, 6.07) is 7.34. The van der Waals surface area contributed by atoms with Gasteiger partial charge in [0.2, 0.25) is 0 Å². The van der Waals surface area contributed by atoms with Crippen molar-refractivity contribution in [3.8, 4) is 0 Å². The van der Waals surface area contributed by atoms with Crippen LogP contribution in [0.1, 0.15) is 32.3 Å². The summed E-state index contributed by atoms with van der Waals surface area (Å²) in [5.41, 5.74) is 0.387. The molecule has 1 aromatic carbocycles. The van der Waals surface area contributed by atoms with Crippen molar-refractivity contribution < 1.29 is 14.3 Å². The third kappa shape index (κ3) is 2.68. The molecule has 0 saturated carbocycles. The smallest absolute Gasteiger partial charge is 0.338 e. The Morgan fingerprint density at radius 3 is 2.72 bits per heavy atom. The van der Waals surface area contributed by atoms with Crippen molar-refractivity contribution in [1.29, 1.82) is 0 Å². The zero-order chi connectivity index (χ0) is 13.2. The average molecular weight is 269 g/mol. The summed E-state index contributed by atoms with van der Waals surface area (Å²) in [4.78, 5) is 11.8. The molecule has 1 aliphatic rings. The highest BCUT2D eigenvalue weighted by Gasteiger charge is 2.59. The number of hydrogen-bond donors (Lipinski definition) is 0. The monoisotopic (exact) mass is 268 g/mol. The van der Waals surface area contributed by atoms with E-state index in [1.54, 1.807) is 12.1 Å². The summed E-state index contributed by atoms with van der Waals surface area (Å²) in [5, 5.41) is 0.671. The topological polar surface area (TPSA) is 38.8 Å². The van der Waals surface area contributed by atoms with E-state index >= 15 is 0 Å². The second kappa shape index (κ2) is 5.29. The maximum Gasteiger partial charge on any atom is 0.338 e. The highest BCUT2D eigenvalue weighted by Crippen LogP contribution is 2.46. The van der Waals surface area contributed by atoms with Crippen molar-refractivity contribution >= 4 is 17.6 Å². The van der Waals surface area contributed by atoms with Crippen LogP contribution in [-0.4, -0.2) is 18.7 Å². The van der Waals surface area contributed by atoms with Crippen LogP contribution < -0.4 is 0 Å². The number of epoxide rings is 1. The molecule has 1 aromatic rings. The van der Waals surface area contributed by atoms with Crippen LogP contribution in [0.2, 0.25) is 5.02 Å². The van der Waals surface area contributed by atoms with Gasteiger partial charge >= 0.3 is 5.97 Å². The fraction of sp³-hybridized carbons (Fsp3) is 0.500. The predicted molar refractivity (Wildman–Crippen MR) is 69.5 cm³/mol. The van der Waals surface area contributed by atoms with E-state index < -0.39 is 11.7 Å².